The average molecular weight is 725 g/mol. The van der Waals surface area contributed by atoms with Crippen LogP contribution in [-0.4, -0.2) is 35.4 Å². The van der Waals surface area contributed by atoms with E-state index in [2.05, 4.69) is 28.0 Å². The number of allylic oxidation sites excluding steroid dienone is 2. The van der Waals surface area contributed by atoms with Crippen LogP contribution in [0.4, 0.5) is 0 Å². The molecule has 50 heavy (non-hydrogen) atoms. The molecule has 0 radical (unpaired) electrons. The van der Waals surface area contributed by atoms with Gasteiger partial charge in [-0.05, 0) is 139 Å². The molecule has 0 aromatic heterocycles. The van der Waals surface area contributed by atoms with Crippen molar-refractivity contribution in [2.24, 2.45) is 17.3 Å². The Balaban J connectivity index is 0.000000199. The number of benzene rings is 3. The average Bonchev–Trinajstić information content (AvgIpc) is 3.33. The summed E-state index contributed by atoms with van der Waals surface area (Å²) >= 11 is 0. The van der Waals surface area contributed by atoms with Gasteiger partial charge in [-0.2, -0.15) is 0 Å². The van der Waals surface area contributed by atoms with Crippen molar-refractivity contribution in [3.8, 4) is 29.6 Å². The first-order valence-corrected chi connectivity index (χ1v) is 20.0. The molecular weight excluding hydrogens is 678 g/mol. The molecule has 3 aliphatic rings. The van der Waals surface area contributed by atoms with E-state index >= 15 is 0 Å². The summed E-state index contributed by atoms with van der Waals surface area (Å²) in [6.45, 7) is 6.21. The molecule has 10 nitrogen and oxygen atoms in total. The molecule has 5 atom stereocenters. The van der Waals surface area contributed by atoms with E-state index in [-0.39, 0.29) is 16.9 Å². The third kappa shape index (κ3) is 8.06. The molecule has 0 saturated heterocycles. The molecule has 268 valence electrons. The van der Waals surface area contributed by atoms with E-state index in [1.807, 2.05) is 26.0 Å². The molecule has 12 heteroatoms. The number of phenolic OH excluding ortho intramolecular Hbond substituents is 1. The minimum absolute atomic E-state index is 0.0736. The molecule has 2 fully saturated rings. The normalized spacial score (nSPS) is 26.2. The highest BCUT2D eigenvalue weighted by Gasteiger charge is 2.61. The van der Waals surface area contributed by atoms with Crippen LogP contribution in [0.15, 0.2) is 66.7 Å². The van der Waals surface area contributed by atoms with Gasteiger partial charge in [0, 0.05) is 5.41 Å². The molecule has 3 aromatic rings. The highest BCUT2D eigenvalue weighted by atomic mass is 31.2. The maximum absolute atomic E-state index is 10.9. The molecule has 0 amide bonds. The monoisotopic (exact) mass is 724 g/mol. The van der Waals surface area contributed by atoms with Crippen LogP contribution in [0.25, 0.3) is 11.1 Å². The second-order valence-corrected chi connectivity index (χ2v) is 16.0. The van der Waals surface area contributed by atoms with Gasteiger partial charge < -0.3 is 19.3 Å². The van der Waals surface area contributed by atoms with Crippen molar-refractivity contribution < 1.29 is 48.0 Å². The lowest BCUT2D eigenvalue weighted by atomic mass is 9.53. The zero-order valence-corrected chi connectivity index (χ0v) is 30.3. The topological polar surface area (TPSA) is 174 Å². The molecule has 0 spiro atoms. The summed E-state index contributed by atoms with van der Waals surface area (Å²) in [5, 5.41) is 20.6. The predicted molar refractivity (Wildman–Crippen MR) is 192 cm³/mol. The van der Waals surface area contributed by atoms with Crippen LogP contribution in [0.1, 0.15) is 93.9 Å². The first-order valence-electron chi connectivity index (χ1n) is 17.0. The Labute approximate surface area is 293 Å². The van der Waals surface area contributed by atoms with Gasteiger partial charge in [0.15, 0.2) is 0 Å². The number of hydrogen-bond acceptors (Lipinski definition) is 6. The summed E-state index contributed by atoms with van der Waals surface area (Å²) in [7, 11) is -9.21. The zero-order chi connectivity index (χ0) is 36.5. The quantitative estimate of drug-likeness (QED) is 0.0760. The van der Waals surface area contributed by atoms with Crippen molar-refractivity contribution in [2.75, 3.05) is 0 Å². The van der Waals surface area contributed by atoms with Crippen LogP contribution >= 0.6 is 15.6 Å². The summed E-state index contributed by atoms with van der Waals surface area (Å²) < 4.78 is 31.0. The molecule has 3 aliphatic carbocycles. The second-order valence-electron chi connectivity index (χ2n) is 13.7. The molecular formula is C38H46O10P2. The number of terminal acetylenes is 1. The maximum atomic E-state index is 10.9. The molecule has 0 bridgehead atoms. The van der Waals surface area contributed by atoms with Gasteiger partial charge in [-0.3, -0.25) is 19.6 Å². The van der Waals surface area contributed by atoms with Crippen LogP contribution < -0.4 is 9.05 Å². The van der Waals surface area contributed by atoms with Crippen molar-refractivity contribution in [3.63, 3.8) is 0 Å². The Morgan fingerprint density at radius 1 is 0.820 bits per heavy atom. The van der Waals surface area contributed by atoms with Crippen LogP contribution in [0, 0.1) is 29.6 Å². The minimum atomic E-state index is -4.61. The Morgan fingerprint density at radius 3 is 1.80 bits per heavy atom. The SMILES string of the molecule is C#C[C@]1(O)CC[C@H]2[C@@H]3CCc4cc(O)ccc4[C@H]3CC[C@@]21C.CC/C(=C(/CC)c1ccc(OP(=O)(O)O)cc1)c1ccc(OP(=O)(O)O)cc1. The number of fused-ring (bicyclic) bond motifs is 5. The lowest BCUT2D eigenvalue weighted by Crippen LogP contribution is -2.50. The highest BCUT2D eigenvalue weighted by Crippen LogP contribution is 2.64. The number of hydrogen-bond donors (Lipinski definition) is 6. The van der Waals surface area contributed by atoms with E-state index in [4.69, 9.17) is 26.0 Å². The summed E-state index contributed by atoms with van der Waals surface area (Å²) in [4.78, 5) is 35.5. The van der Waals surface area contributed by atoms with E-state index in [9.17, 15) is 19.3 Å². The Hall–Kier alpha value is -3.38. The number of aryl methyl sites for hydroxylation is 1. The van der Waals surface area contributed by atoms with E-state index in [0.717, 1.165) is 60.8 Å². The van der Waals surface area contributed by atoms with Crippen molar-refractivity contribution in [1.82, 2.24) is 0 Å². The number of rotatable bonds is 8. The van der Waals surface area contributed by atoms with Crippen molar-refractivity contribution in [3.05, 3.63) is 89.0 Å². The Morgan fingerprint density at radius 2 is 1.34 bits per heavy atom. The maximum Gasteiger partial charge on any atom is 0.524 e. The summed E-state index contributed by atoms with van der Waals surface area (Å²) in [6.07, 6.45) is 13.2. The van der Waals surface area contributed by atoms with Crippen molar-refractivity contribution >= 4 is 26.8 Å². The van der Waals surface area contributed by atoms with Gasteiger partial charge in [-0.15, -0.1) is 6.42 Å². The number of phosphoric ester groups is 2. The molecule has 0 unspecified atom stereocenters. The molecule has 6 rings (SSSR count). The van der Waals surface area contributed by atoms with Gasteiger partial charge in [0.2, 0.25) is 0 Å². The number of aliphatic hydroxyl groups is 1. The van der Waals surface area contributed by atoms with E-state index < -0.39 is 21.2 Å². The fourth-order valence-corrected chi connectivity index (χ4v) is 9.51. The lowest BCUT2D eigenvalue weighted by Gasteiger charge is -2.52. The van der Waals surface area contributed by atoms with Crippen LogP contribution in [0.5, 0.6) is 17.2 Å². The van der Waals surface area contributed by atoms with Crippen LogP contribution in [0.3, 0.4) is 0 Å². The molecule has 2 saturated carbocycles. The van der Waals surface area contributed by atoms with Gasteiger partial charge >= 0.3 is 15.6 Å². The van der Waals surface area contributed by atoms with Gasteiger partial charge in [-0.1, -0.05) is 57.0 Å². The van der Waals surface area contributed by atoms with Gasteiger partial charge in [0.25, 0.3) is 0 Å². The Kier molecular flexibility index (Phi) is 11.1. The third-order valence-corrected chi connectivity index (χ3v) is 11.9. The van der Waals surface area contributed by atoms with Gasteiger partial charge in [0.1, 0.15) is 22.8 Å². The lowest BCUT2D eigenvalue weighted by molar-refractivity contribution is -0.0646. The summed E-state index contributed by atoms with van der Waals surface area (Å²) in [5.41, 5.74) is 5.53. The number of phenols is 1. The van der Waals surface area contributed by atoms with Crippen molar-refractivity contribution in [1.29, 1.82) is 0 Å². The fourth-order valence-electron chi connectivity index (χ4n) is 8.71. The number of aromatic hydroxyl groups is 1. The smallest absolute Gasteiger partial charge is 0.508 e. The van der Waals surface area contributed by atoms with E-state index in [1.54, 1.807) is 24.3 Å². The van der Waals surface area contributed by atoms with E-state index in [0.29, 0.717) is 36.3 Å². The number of phosphoric acid groups is 2. The molecule has 6 N–H and O–H groups in total. The Bertz CT molecular complexity index is 1780. The highest BCUT2D eigenvalue weighted by molar-refractivity contribution is 7.47. The van der Waals surface area contributed by atoms with Crippen LogP contribution in [0.2, 0.25) is 0 Å². The first-order chi connectivity index (χ1) is 23.5. The first kappa shape index (κ1) is 37.9. The van der Waals surface area contributed by atoms with E-state index in [1.165, 1.54) is 35.4 Å². The summed E-state index contributed by atoms with van der Waals surface area (Å²) in [6, 6.07) is 18.8. The predicted octanol–water partition coefficient (Wildman–Crippen LogP) is 7.97. The molecule has 0 aliphatic heterocycles. The zero-order valence-electron chi connectivity index (χ0n) is 28.5. The largest absolute Gasteiger partial charge is 0.524 e. The van der Waals surface area contributed by atoms with Crippen LogP contribution in [-0.2, 0) is 15.6 Å². The van der Waals surface area contributed by atoms with Gasteiger partial charge in [0.05, 0.1) is 0 Å². The minimum Gasteiger partial charge on any atom is -0.508 e. The standard InChI is InChI=1S/C20H24O2.C18H22O8P2/c1-3-20(22)11-9-18-17-6-4-13-12-14(21)5-7-15(13)16(17)8-10-19(18,20)2;1-3-17(13-5-9-15(10-6-13)25-27(19,20)21)18(4-2)14-7-11-16(12-8-14)26-28(22,23)24/h1,5,7,12,16-18,21-22H,4,6,8-11H2,2H3;5-12H,3-4H2,1-2H3,(H2,19,20,21)(H2,22,23,24)/b;18-17+/t16-,17-,18+,19+,20+;/m1./s1. The fraction of sp³-hybridized carbons (Fsp3) is 0.421. The van der Waals surface area contributed by atoms with Gasteiger partial charge in [-0.25, -0.2) is 9.13 Å². The molecule has 3 aromatic carbocycles. The third-order valence-electron chi connectivity index (χ3n) is 11.0. The second kappa shape index (κ2) is 14.7. The summed E-state index contributed by atoms with van der Waals surface area (Å²) in [5.74, 6) is 4.96. The van der Waals surface area contributed by atoms with Crippen molar-refractivity contribution in [2.45, 2.75) is 83.7 Å². The molecule has 0 heterocycles.